The molecule has 0 aromatic carbocycles. The maximum Gasteiger partial charge on any atom is 0.224 e. The van der Waals surface area contributed by atoms with Gasteiger partial charge in [-0.25, -0.2) is 0 Å². The van der Waals surface area contributed by atoms with Crippen LogP contribution in [0.25, 0.3) is 0 Å². The lowest BCUT2D eigenvalue weighted by Gasteiger charge is -2.40. The monoisotopic (exact) mass is 280 g/mol. The summed E-state index contributed by atoms with van der Waals surface area (Å²) in [6, 6.07) is 0. The molecule has 1 unspecified atom stereocenters. The summed E-state index contributed by atoms with van der Waals surface area (Å²) in [4.78, 5) is 28.5. The van der Waals surface area contributed by atoms with E-state index in [4.69, 9.17) is 4.74 Å². The maximum absolute atomic E-state index is 12.5. The molecule has 2 heterocycles. The first-order valence-electron chi connectivity index (χ1n) is 7.80. The van der Waals surface area contributed by atoms with Gasteiger partial charge in [-0.3, -0.25) is 9.59 Å². The zero-order chi connectivity index (χ0) is 14.2. The lowest BCUT2D eigenvalue weighted by atomic mass is 9.95. The van der Waals surface area contributed by atoms with Crippen molar-refractivity contribution in [1.82, 2.24) is 9.80 Å². The Labute approximate surface area is 120 Å². The molecule has 0 radical (unpaired) electrons. The summed E-state index contributed by atoms with van der Waals surface area (Å²) in [7, 11) is 0. The SMILES string of the molecule is CCC(=O)N1CCC(=O)N(CC2CC2)C2(CCOC2)C1. The molecule has 3 fully saturated rings. The average Bonchev–Trinajstić information content (AvgIpc) is 3.18. The number of amides is 2. The summed E-state index contributed by atoms with van der Waals surface area (Å²) in [5, 5.41) is 0. The van der Waals surface area contributed by atoms with Gasteiger partial charge in [-0.1, -0.05) is 6.92 Å². The Morgan fingerprint density at radius 1 is 1.45 bits per heavy atom. The van der Waals surface area contributed by atoms with Crippen LogP contribution in [0.5, 0.6) is 0 Å². The van der Waals surface area contributed by atoms with E-state index >= 15 is 0 Å². The number of hydrogen-bond donors (Lipinski definition) is 0. The number of carbonyl (C=O) groups excluding carboxylic acids is 2. The molecule has 1 saturated carbocycles. The molecule has 112 valence electrons. The summed E-state index contributed by atoms with van der Waals surface area (Å²) >= 11 is 0. The van der Waals surface area contributed by atoms with Crippen molar-refractivity contribution in [1.29, 1.82) is 0 Å². The maximum atomic E-state index is 12.5. The van der Waals surface area contributed by atoms with E-state index in [1.807, 2.05) is 11.8 Å². The van der Waals surface area contributed by atoms with E-state index in [9.17, 15) is 9.59 Å². The third-order valence-electron chi connectivity index (χ3n) is 4.83. The smallest absolute Gasteiger partial charge is 0.224 e. The standard InChI is InChI=1S/C15H24N2O3/c1-2-13(18)16-7-5-14(19)17(9-12-3-4-12)15(10-16)6-8-20-11-15/h12H,2-11H2,1H3. The van der Waals surface area contributed by atoms with E-state index in [0.717, 1.165) is 13.0 Å². The van der Waals surface area contributed by atoms with Gasteiger partial charge in [0.1, 0.15) is 0 Å². The zero-order valence-corrected chi connectivity index (χ0v) is 12.3. The first-order chi connectivity index (χ1) is 9.64. The molecule has 1 spiro atoms. The van der Waals surface area contributed by atoms with E-state index in [-0.39, 0.29) is 17.4 Å². The van der Waals surface area contributed by atoms with Gasteiger partial charge in [0.25, 0.3) is 0 Å². The summed E-state index contributed by atoms with van der Waals surface area (Å²) in [6.07, 6.45) is 4.30. The van der Waals surface area contributed by atoms with Crippen molar-refractivity contribution in [2.75, 3.05) is 32.8 Å². The normalized spacial score (nSPS) is 30.9. The highest BCUT2D eigenvalue weighted by Crippen LogP contribution is 2.36. The lowest BCUT2D eigenvalue weighted by molar-refractivity contribution is -0.138. The van der Waals surface area contributed by atoms with Crippen molar-refractivity contribution in [2.45, 2.75) is 44.6 Å². The molecule has 0 aromatic rings. The highest BCUT2D eigenvalue weighted by molar-refractivity contribution is 5.81. The van der Waals surface area contributed by atoms with Crippen LogP contribution in [0.3, 0.4) is 0 Å². The third kappa shape index (κ3) is 2.55. The minimum Gasteiger partial charge on any atom is -0.379 e. The van der Waals surface area contributed by atoms with Gasteiger partial charge in [-0.05, 0) is 25.2 Å². The molecule has 5 heteroatoms. The molecule has 20 heavy (non-hydrogen) atoms. The van der Waals surface area contributed by atoms with E-state index < -0.39 is 0 Å². The van der Waals surface area contributed by atoms with Gasteiger partial charge in [0.15, 0.2) is 0 Å². The molecule has 5 nitrogen and oxygen atoms in total. The fraction of sp³-hybridized carbons (Fsp3) is 0.867. The van der Waals surface area contributed by atoms with E-state index in [2.05, 4.69) is 4.90 Å². The van der Waals surface area contributed by atoms with Gasteiger partial charge >= 0.3 is 0 Å². The molecule has 3 rings (SSSR count). The van der Waals surface area contributed by atoms with Crippen molar-refractivity contribution in [2.24, 2.45) is 5.92 Å². The van der Waals surface area contributed by atoms with Gasteiger partial charge in [-0.2, -0.15) is 0 Å². The van der Waals surface area contributed by atoms with Crippen LogP contribution in [-0.4, -0.2) is 60.0 Å². The van der Waals surface area contributed by atoms with Crippen molar-refractivity contribution >= 4 is 11.8 Å². The van der Waals surface area contributed by atoms with E-state index in [0.29, 0.717) is 45.1 Å². The van der Waals surface area contributed by atoms with Crippen molar-refractivity contribution < 1.29 is 14.3 Å². The molecule has 1 aliphatic carbocycles. The average molecular weight is 280 g/mol. The second-order valence-corrected chi connectivity index (χ2v) is 6.39. The lowest BCUT2D eigenvalue weighted by Crippen LogP contribution is -2.57. The topological polar surface area (TPSA) is 49.9 Å². The Morgan fingerprint density at radius 3 is 2.85 bits per heavy atom. The predicted molar refractivity (Wildman–Crippen MR) is 74.1 cm³/mol. The highest BCUT2D eigenvalue weighted by atomic mass is 16.5. The van der Waals surface area contributed by atoms with E-state index in [1.165, 1.54) is 12.8 Å². The second kappa shape index (κ2) is 5.35. The Hall–Kier alpha value is -1.10. The van der Waals surface area contributed by atoms with Gasteiger partial charge in [0, 0.05) is 39.1 Å². The predicted octanol–water partition coefficient (Wildman–Crippen LogP) is 1.03. The zero-order valence-electron chi connectivity index (χ0n) is 12.3. The van der Waals surface area contributed by atoms with Crippen LogP contribution in [0.1, 0.15) is 39.0 Å². The van der Waals surface area contributed by atoms with Gasteiger partial charge in [0.2, 0.25) is 11.8 Å². The van der Waals surface area contributed by atoms with Crippen LogP contribution in [0.4, 0.5) is 0 Å². The molecule has 2 aliphatic heterocycles. The fourth-order valence-corrected chi connectivity index (χ4v) is 3.37. The van der Waals surface area contributed by atoms with Crippen LogP contribution in [0, 0.1) is 5.92 Å². The van der Waals surface area contributed by atoms with Crippen LogP contribution in [-0.2, 0) is 14.3 Å². The molecule has 0 N–H and O–H groups in total. The minimum absolute atomic E-state index is 0.150. The number of hydrogen-bond acceptors (Lipinski definition) is 3. The molecule has 0 aromatic heterocycles. The van der Waals surface area contributed by atoms with Crippen LogP contribution >= 0.6 is 0 Å². The number of ether oxygens (including phenoxy) is 1. The van der Waals surface area contributed by atoms with Crippen molar-refractivity contribution in [3.63, 3.8) is 0 Å². The first-order valence-corrected chi connectivity index (χ1v) is 7.80. The molecule has 3 aliphatic rings. The summed E-state index contributed by atoms with van der Waals surface area (Å²) in [5.41, 5.74) is -0.263. The molecular weight excluding hydrogens is 256 g/mol. The summed E-state index contributed by atoms with van der Waals surface area (Å²) < 4.78 is 5.60. The van der Waals surface area contributed by atoms with Gasteiger partial charge in [-0.15, -0.1) is 0 Å². The number of nitrogens with zero attached hydrogens (tertiary/aromatic N) is 2. The quantitative estimate of drug-likeness (QED) is 0.776. The third-order valence-corrected chi connectivity index (χ3v) is 4.83. The molecule has 1 atom stereocenters. The van der Waals surface area contributed by atoms with Crippen molar-refractivity contribution in [3.8, 4) is 0 Å². The van der Waals surface area contributed by atoms with Crippen molar-refractivity contribution in [3.05, 3.63) is 0 Å². The first kappa shape index (κ1) is 13.9. The molecule has 2 saturated heterocycles. The van der Waals surface area contributed by atoms with Gasteiger partial charge in [0.05, 0.1) is 12.1 Å². The Kier molecular flexibility index (Phi) is 3.71. The minimum atomic E-state index is -0.263. The van der Waals surface area contributed by atoms with Gasteiger partial charge < -0.3 is 14.5 Å². The number of rotatable bonds is 3. The largest absolute Gasteiger partial charge is 0.379 e. The Bertz CT molecular complexity index is 400. The second-order valence-electron chi connectivity index (χ2n) is 6.39. The highest BCUT2D eigenvalue weighted by Gasteiger charge is 2.48. The fourth-order valence-electron chi connectivity index (χ4n) is 3.37. The molecular formula is C15H24N2O3. The Balaban J connectivity index is 1.83. The summed E-state index contributed by atoms with van der Waals surface area (Å²) in [5.74, 6) is 1.02. The van der Waals surface area contributed by atoms with Crippen LogP contribution < -0.4 is 0 Å². The van der Waals surface area contributed by atoms with Crippen LogP contribution in [0.2, 0.25) is 0 Å². The molecule has 2 amide bonds. The van der Waals surface area contributed by atoms with E-state index in [1.54, 1.807) is 0 Å². The summed E-state index contributed by atoms with van der Waals surface area (Å²) in [6.45, 7) is 5.24. The van der Waals surface area contributed by atoms with Crippen LogP contribution in [0.15, 0.2) is 0 Å². The Morgan fingerprint density at radius 2 is 2.25 bits per heavy atom. The number of carbonyl (C=O) groups is 2. The molecule has 0 bridgehead atoms.